The van der Waals surface area contributed by atoms with Crippen molar-refractivity contribution in [3.63, 3.8) is 0 Å². The standard InChI is InChI=1S/C20H35N3O/c1-13(2)12-23-17(6)18(16(5)22-23)10-11-20(24)21-19-9-7-8-14(3)15(19)4/h13-15,19H,7-12H2,1-6H3,(H,21,24). The van der Waals surface area contributed by atoms with Gasteiger partial charge >= 0.3 is 0 Å². The third-order valence-corrected chi connectivity index (χ3v) is 5.72. The van der Waals surface area contributed by atoms with Gasteiger partial charge in [-0.2, -0.15) is 5.10 Å². The number of aryl methyl sites for hydroxylation is 1. The summed E-state index contributed by atoms with van der Waals surface area (Å²) in [6, 6.07) is 0.354. The monoisotopic (exact) mass is 333 g/mol. The molecule has 2 rings (SSSR count). The molecule has 0 bridgehead atoms. The van der Waals surface area contributed by atoms with Crippen LogP contribution in [-0.2, 0) is 17.8 Å². The SMILES string of the molecule is Cc1nn(CC(C)C)c(C)c1CCC(=O)NC1CCCC(C)C1C. The summed E-state index contributed by atoms with van der Waals surface area (Å²) in [7, 11) is 0. The highest BCUT2D eigenvalue weighted by atomic mass is 16.1. The van der Waals surface area contributed by atoms with Gasteiger partial charge in [-0.3, -0.25) is 9.48 Å². The molecule has 1 heterocycles. The maximum absolute atomic E-state index is 12.4. The number of hydrogen-bond donors (Lipinski definition) is 1. The van der Waals surface area contributed by atoms with Crippen molar-refractivity contribution < 1.29 is 4.79 Å². The second-order valence-electron chi connectivity index (χ2n) is 8.17. The van der Waals surface area contributed by atoms with E-state index in [9.17, 15) is 4.79 Å². The van der Waals surface area contributed by atoms with E-state index in [1.165, 1.54) is 24.1 Å². The van der Waals surface area contributed by atoms with E-state index in [-0.39, 0.29) is 5.91 Å². The van der Waals surface area contributed by atoms with Gasteiger partial charge in [-0.05, 0) is 50.0 Å². The summed E-state index contributed by atoms with van der Waals surface area (Å²) in [6.07, 6.45) is 5.00. The van der Waals surface area contributed by atoms with Crippen molar-refractivity contribution >= 4 is 5.91 Å². The van der Waals surface area contributed by atoms with Gasteiger partial charge in [-0.1, -0.05) is 40.5 Å². The first kappa shape index (κ1) is 19.0. The molecule has 0 spiro atoms. The lowest BCUT2D eigenvalue weighted by Gasteiger charge is -2.34. The van der Waals surface area contributed by atoms with Crippen LogP contribution in [0.1, 0.15) is 70.3 Å². The van der Waals surface area contributed by atoms with E-state index < -0.39 is 0 Å². The van der Waals surface area contributed by atoms with Crippen LogP contribution < -0.4 is 5.32 Å². The minimum Gasteiger partial charge on any atom is -0.353 e. The minimum atomic E-state index is 0.191. The molecule has 0 radical (unpaired) electrons. The van der Waals surface area contributed by atoms with Gasteiger partial charge in [-0.25, -0.2) is 0 Å². The van der Waals surface area contributed by atoms with Crippen LogP contribution in [0.25, 0.3) is 0 Å². The molecule has 1 aromatic rings. The topological polar surface area (TPSA) is 46.9 Å². The van der Waals surface area contributed by atoms with Crippen molar-refractivity contribution in [1.82, 2.24) is 15.1 Å². The van der Waals surface area contributed by atoms with Crippen LogP contribution in [0.4, 0.5) is 0 Å². The molecule has 3 atom stereocenters. The van der Waals surface area contributed by atoms with Gasteiger partial charge in [-0.15, -0.1) is 0 Å². The second kappa shape index (κ2) is 8.17. The zero-order valence-electron chi connectivity index (χ0n) is 16.4. The van der Waals surface area contributed by atoms with Crippen LogP contribution in [0, 0.1) is 31.6 Å². The number of carbonyl (C=O) groups is 1. The molecule has 1 aromatic heterocycles. The van der Waals surface area contributed by atoms with Gasteiger partial charge in [0, 0.05) is 24.7 Å². The summed E-state index contributed by atoms with van der Waals surface area (Å²) >= 11 is 0. The maximum atomic E-state index is 12.4. The van der Waals surface area contributed by atoms with Gasteiger partial charge in [0.25, 0.3) is 0 Å². The fourth-order valence-electron chi connectivity index (χ4n) is 3.92. The van der Waals surface area contributed by atoms with Gasteiger partial charge in [0.05, 0.1) is 5.69 Å². The summed E-state index contributed by atoms with van der Waals surface area (Å²) < 4.78 is 2.10. The van der Waals surface area contributed by atoms with Crippen LogP contribution in [0.15, 0.2) is 0 Å². The van der Waals surface area contributed by atoms with E-state index in [4.69, 9.17) is 0 Å². The summed E-state index contributed by atoms with van der Waals surface area (Å²) in [5.41, 5.74) is 3.53. The first-order valence-corrected chi connectivity index (χ1v) is 9.61. The molecule has 1 amide bonds. The van der Waals surface area contributed by atoms with Gasteiger partial charge in [0.1, 0.15) is 0 Å². The van der Waals surface area contributed by atoms with Crippen molar-refractivity contribution in [3.8, 4) is 0 Å². The zero-order valence-corrected chi connectivity index (χ0v) is 16.4. The predicted molar refractivity (Wildman–Crippen MR) is 99.0 cm³/mol. The molecule has 4 heteroatoms. The first-order chi connectivity index (χ1) is 11.3. The number of hydrogen-bond acceptors (Lipinski definition) is 2. The number of aromatic nitrogens is 2. The number of amides is 1. The third-order valence-electron chi connectivity index (χ3n) is 5.72. The third kappa shape index (κ3) is 4.61. The van der Waals surface area contributed by atoms with E-state index >= 15 is 0 Å². The normalized spacial score (nSPS) is 24.4. The molecule has 1 aliphatic carbocycles. The largest absolute Gasteiger partial charge is 0.353 e. The van der Waals surface area contributed by atoms with Crippen molar-refractivity contribution in [2.75, 3.05) is 0 Å². The fourth-order valence-corrected chi connectivity index (χ4v) is 3.92. The lowest BCUT2D eigenvalue weighted by atomic mass is 9.78. The summed E-state index contributed by atoms with van der Waals surface area (Å²) in [5.74, 6) is 2.06. The number of nitrogens with zero attached hydrogens (tertiary/aromatic N) is 2. The zero-order chi connectivity index (χ0) is 17.9. The second-order valence-corrected chi connectivity index (χ2v) is 8.17. The lowest BCUT2D eigenvalue weighted by Crippen LogP contribution is -2.43. The van der Waals surface area contributed by atoms with E-state index in [1.807, 2.05) is 0 Å². The van der Waals surface area contributed by atoms with Crippen molar-refractivity contribution in [2.45, 2.75) is 86.2 Å². The van der Waals surface area contributed by atoms with Crippen LogP contribution >= 0.6 is 0 Å². The van der Waals surface area contributed by atoms with Crippen LogP contribution in [0.3, 0.4) is 0 Å². The Morgan fingerprint density at radius 3 is 2.67 bits per heavy atom. The minimum absolute atomic E-state index is 0.191. The number of nitrogens with one attached hydrogen (secondary N) is 1. The van der Waals surface area contributed by atoms with Crippen molar-refractivity contribution in [3.05, 3.63) is 17.0 Å². The van der Waals surface area contributed by atoms with Gasteiger partial charge in [0.2, 0.25) is 5.91 Å². The summed E-state index contributed by atoms with van der Waals surface area (Å²) in [5, 5.41) is 7.93. The lowest BCUT2D eigenvalue weighted by molar-refractivity contribution is -0.122. The Bertz CT molecular complexity index is 561. The number of rotatable bonds is 6. The predicted octanol–water partition coefficient (Wildman–Crippen LogP) is 4.03. The molecular weight excluding hydrogens is 298 g/mol. The molecule has 1 fully saturated rings. The molecule has 1 saturated carbocycles. The molecule has 0 aliphatic heterocycles. The van der Waals surface area contributed by atoms with Crippen LogP contribution in [0.2, 0.25) is 0 Å². The molecule has 1 aliphatic rings. The fraction of sp³-hybridized carbons (Fsp3) is 0.800. The maximum Gasteiger partial charge on any atom is 0.220 e. The number of carbonyl (C=O) groups excluding carboxylic acids is 1. The average Bonchev–Trinajstić information content (AvgIpc) is 2.75. The van der Waals surface area contributed by atoms with Gasteiger partial charge < -0.3 is 5.32 Å². The Labute approximate surface area is 147 Å². The van der Waals surface area contributed by atoms with E-state index in [2.05, 4.69) is 56.6 Å². The van der Waals surface area contributed by atoms with E-state index in [0.29, 0.717) is 30.2 Å². The Morgan fingerprint density at radius 2 is 2.00 bits per heavy atom. The highest BCUT2D eigenvalue weighted by molar-refractivity contribution is 5.76. The molecule has 1 N–H and O–H groups in total. The smallest absolute Gasteiger partial charge is 0.220 e. The quantitative estimate of drug-likeness (QED) is 0.854. The molecule has 24 heavy (non-hydrogen) atoms. The molecular formula is C20H35N3O. The Kier molecular flexibility index (Phi) is 6.47. The first-order valence-electron chi connectivity index (χ1n) is 9.61. The summed E-state index contributed by atoms with van der Waals surface area (Å²) in [6.45, 7) is 14.1. The Balaban J connectivity index is 1.91. The van der Waals surface area contributed by atoms with Gasteiger partial charge in [0.15, 0.2) is 0 Å². The molecule has 4 nitrogen and oxygen atoms in total. The van der Waals surface area contributed by atoms with Crippen LogP contribution in [-0.4, -0.2) is 21.7 Å². The Morgan fingerprint density at radius 1 is 1.29 bits per heavy atom. The molecule has 0 aromatic carbocycles. The summed E-state index contributed by atoms with van der Waals surface area (Å²) in [4.78, 5) is 12.4. The Hall–Kier alpha value is -1.32. The highest BCUT2D eigenvalue weighted by Crippen LogP contribution is 2.29. The highest BCUT2D eigenvalue weighted by Gasteiger charge is 2.28. The van der Waals surface area contributed by atoms with Crippen molar-refractivity contribution in [2.24, 2.45) is 17.8 Å². The average molecular weight is 334 g/mol. The molecule has 136 valence electrons. The molecule has 3 unspecified atom stereocenters. The van der Waals surface area contributed by atoms with E-state index in [1.54, 1.807) is 0 Å². The van der Waals surface area contributed by atoms with Crippen LogP contribution in [0.5, 0.6) is 0 Å². The van der Waals surface area contributed by atoms with Crippen molar-refractivity contribution in [1.29, 1.82) is 0 Å². The molecule has 0 saturated heterocycles. The van der Waals surface area contributed by atoms with E-state index in [0.717, 1.165) is 25.1 Å².